The molecule has 0 aromatic heterocycles. The van der Waals surface area contributed by atoms with Gasteiger partial charge in [0.1, 0.15) is 5.82 Å². The molecule has 5 nitrogen and oxygen atoms in total. The number of hydrogen-bond donors (Lipinski definition) is 2. The maximum absolute atomic E-state index is 13.4. The van der Waals surface area contributed by atoms with E-state index in [0.717, 1.165) is 62.3 Å². The molecule has 3 unspecified atom stereocenters. The van der Waals surface area contributed by atoms with Crippen LogP contribution in [-0.2, 0) is 21.0 Å². The van der Waals surface area contributed by atoms with Crippen molar-refractivity contribution >= 4 is 16.8 Å². The second-order valence-corrected chi connectivity index (χ2v) is 10.1. The first-order valence-corrected chi connectivity index (χ1v) is 12.1. The molecule has 2 fully saturated rings. The molecule has 0 amide bonds. The van der Waals surface area contributed by atoms with E-state index in [1.807, 2.05) is 19.1 Å². The van der Waals surface area contributed by atoms with Crippen LogP contribution < -0.4 is 10.6 Å². The molecule has 1 aliphatic carbocycles. The maximum Gasteiger partial charge on any atom is 0.191 e. The number of aliphatic imine (C=N–C) groups is 1. The SMILES string of the molecule is CCS(=O)C1CCCC(NC(=NC)NCC2(c3ccc(F)cc3)CCOCC2)C1. The Bertz CT molecular complexity index is 705. The Morgan fingerprint density at radius 3 is 2.66 bits per heavy atom. The Morgan fingerprint density at radius 2 is 2.00 bits per heavy atom. The van der Waals surface area contributed by atoms with Gasteiger partial charge >= 0.3 is 0 Å². The molecule has 3 rings (SSSR count). The first-order chi connectivity index (χ1) is 14.1. The van der Waals surface area contributed by atoms with Crippen molar-refractivity contribution in [1.29, 1.82) is 0 Å². The highest BCUT2D eigenvalue weighted by atomic mass is 32.2. The highest BCUT2D eigenvalue weighted by Gasteiger charge is 2.35. The Balaban J connectivity index is 1.63. The minimum absolute atomic E-state index is 0.0949. The van der Waals surface area contributed by atoms with Crippen LogP contribution >= 0.6 is 0 Å². The summed E-state index contributed by atoms with van der Waals surface area (Å²) in [6, 6.07) is 7.16. The molecule has 2 N–H and O–H groups in total. The standard InChI is InChI=1S/C22H34FN3O2S/c1-3-29(27)20-6-4-5-19(15-20)26-21(24-2)25-16-22(11-13-28-14-12-22)17-7-9-18(23)10-8-17/h7-10,19-20H,3-6,11-16H2,1-2H3,(H2,24,25,26). The summed E-state index contributed by atoms with van der Waals surface area (Å²) < 4.78 is 31.2. The number of rotatable bonds is 6. The predicted octanol–water partition coefficient (Wildman–Crippen LogP) is 3.12. The van der Waals surface area contributed by atoms with Crippen LogP contribution in [0, 0.1) is 5.82 Å². The van der Waals surface area contributed by atoms with E-state index in [-0.39, 0.29) is 16.5 Å². The topological polar surface area (TPSA) is 62.7 Å². The summed E-state index contributed by atoms with van der Waals surface area (Å²) in [5.41, 5.74) is 1.05. The number of halogens is 1. The van der Waals surface area contributed by atoms with Gasteiger partial charge in [0.2, 0.25) is 0 Å². The number of benzene rings is 1. The van der Waals surface area contributed by atoms with Crippen molar-refractivity contribution in [1.82, 2.24) is 10.6 Å². The van der Waals surface area contributed by atoms with E-state index in [4.69, 9.17) is 4.74 Å². The zero-order valence-electron chi connectivity index (χ0n) is 17.6. The zero-order valence-corrected chi connectivity index (χ0v) is 18.4. The Morgan fingerprint density at radius 1 is 1.28 bits per heavy atom. The largest absolute Gasteiger partial charge is 0.381 e. The van der Waals surface area contributed by atoms with Crippen molar-refractivity contribution in [3.05, 3.63) is 35.6 Å². The molecular weight excluding hydrogens is 389 g/mol. The third-order valence-corrected chi connectivity index (χ3v) is 8.09. The van der Waals surface area contributed by atoms with Crippen molar-refractivity contribution in [3.63, 3.8) is 0 Å². The Kier molecular flexibility index (Phi) is 8.07. The summed E-state index contributed by atoms with van der Waals surface area (Å²) in [6.07, 6.45) is 5.95. The van der Waals surface area contributed by atoms with E-state index < -0.39 is 10.8 Å². The number of nitrogens with one attached hydrogen (secondary N) is 2. The van der Waals surface area contributed by atoms with Crippen molar-refractivity contribution < 1.29 is 13.3 Å². The Labute approximate surface area is 176 Å². The van der Waals surface area contributed by atoms with Crippen LogP contribution in [0.25, 0.3) is 0 Å². The fourth-order valence-electron chi connectivity index (χ4n) is 4.52. The molecule has 0 bridgehead atoms. The third-order valence-electron chi connectivity index (χ3n) is 6.35. The molecular formula is C22H34FN3O2S. The van der Waals surface area contributed by atoms with Crippen LogP contribution in [0.15, 0.2) is 29.3 Å². The molecule has 29 heavy (non-hydrogen) atoms. The number of nitrogens with zero attached hydrogens (tertiary/aromatic N) is 1. The lowest BCUT2D eigenvalue weighted by atomic mass is 9.74. The molecule has 1 saturated heterocycles. The fourth-order valence-corrected chi connectivity index (χ4v) is 5.87. The molecule has 2 aliphatic rings. The van der Waals surface area contributed by atoms with Crippen LogP contribution in [0.3, 0.4) is 0 Å². The smallest absolute Gasteiger partial charge is 0.191 e. The minimum atomic E-state index is -0.737. The third kappa shape index (κ3) is 5.79. The van der Waals surface area contributed by atoms with Gasteiger partial charge in [-0.25, -0.2) is 4.39 Å². The van der Waals surface area contributed by atoms with E-state index in [0.29, 0.717) is 19.3 Å². The first kappa shape index (κ1) is 22.2. The van der Waals surface area contributed by atoms with Gasteiger partial charge in [0.25, 0.3) is 0 Å². The Hall–Kier alpha value is -1.47. The van der Waals surface area contributed by atoms with Gasteiger partial charge in [-0.1, -0.05) is 25.5 Å². The van der Waals surface area contributed by atoms with Gasteiger partial charge in [0.15, 0.2) is 5.96 Å². The average Bonchev–Trinajstić information content (AvgIpc) is 2.77. The molecule has 1 aliphatic heterocycles. The predicted molar refractivity (Wildman–Crippen MR) is 117 cm³/mol. The summed E-state index contributed by atoms with van der Waals surface area (Å²) >= 11 is 0. The molecule has 1 aromatic carbocycles. The lowest BCUT2D eigenvalue weighted by molar-refractivity contribution is 0.0513. The monoisotopic (exact) mass is 423 g/mol. The number of guanidine groups is 1. The fraction of sp³-hybridized carbons (Fsp3) is 0.682. The zero-order chi connectivity index (χ0) is 20.7. The second-order valence-electron chi connectivity index (χ2n) is 8.12. The molecule has 0 radical (unpaired) electrons. The summed E-state index contributed by atoms with van der Waals surface area (Å²) in [6.45, 7) is 4.13. The molecule has 3 atom stereocenters. The second kappa shape index (κ2) is 10.5. The van der Waals surface area contributed by atoms with Crippen LogP contribution in [0.2, 0.25) is 0 Å². The lowest BCUT2D eigenvalue weighted by Gasteiger charge is -2.38. The lowest BCUT2D eigenvalue weighted by Crippen LogP contribution is -2.51. The molecule has 1 heterocycles. The molecule has 0 spiro atoms. The van der Waals surface area contributed by atoms with Gasteiger partial charge < -0.3 is 15.4 Å². The van der Waals surface area contributed by atoms with Crippen molar-refractivity contribution in [2.45, 2.75) is 62.2 Å². The minimum Gasteiger partial charge on any atom is -0.381 e. The summed E-state index contributed by atoms with van der Waals surface area (Å²) in [5, 5.41) is 7.34. The summed E-state index contributed by atoms with van der Waals surface area (Å²) in [5.74, 6) is 1.30. The average molecular weight is 424 g/mol. The number of hydrogen-bond acceptors (Lipinski definition) is 3. The van der Waals surface area contributed by atoms with E-state index in [2.05, 4.69) is 15.6 Å². The van der Waals surface area contributed by atoms with Crippen LogP contribution in [0.1, 0.15) is 51.0 Å². The number of ether oxygens (including phenoxy) is 1. The van der Waals surface area contributed by atoms with Gasteiger partial charge in [-0.15, -0.1) is 0 Å². The van der Waals surface area contributed by atoms with Gasteiger partial charge in [-0.3, -0.25) is 9.20 Å². The quantitative estimate of drug-likeness (QED) is 0.545. The molecule has 7 heteroatoms. The van der Waals surface area contributed by atoms with E-state index >= 15 is 0 Å². The van der Waals surface area contributed by atoms with Crippen molar-refractivity contribution in [3.8, 4) is 0 Å². The maximum atomic E-state index is 13.4. The molecule has 162 valence electrons. The normalized spacial score (nSPS) is 26.0. The van der Waals surface area contributed by atoms with Gasteiger partial charge in [0.05, 0.1) is 0 Å². The van der Waals surface area contributed by atoms with Gasteiger partial charge in [-0.2, -0.15) is 0 Å². The highest BCUT2D eigenvalue weighted by molar-refractivity contribution is 7.85. The van der Waals surface area contributed by atoms with Crippen molar-refractivity contribution in [2.24, 2.45) is 4.99 Å². The summed E-state index contributed by atoms with van der Waals surface area (Å²) in [4.78, 5) is 4.42. The van der Waals surface area contributed by atoms with Crippen molar-refractivity contribution in [2.75, 3.05) is 32.6 Å². The molecule has 1 aromatic rings. The van der Waals surface area contributed by atoms with E-state index in [1.165, 1.54) is 12.1 Å². The van der Waals surface area contributed by atoms with Gasteiger partial charge in [0, 0.05) is 60.1 Å². The van der Waals surface area contributed by atoms with E-state index in [9.17, 15) is 8.60 Å². The van der Waals surface area contributed by atoms with Crippen LogP contribution in [0.5, 0.6) is 0 Å². The summed E-state index contributed by atoms with van der Waals surface area (Å²) in [7, 11) is 1.05. The van der Waals surface area contributed by atoms with E-state index in [1.54, 1.807) is 7.05 Å². The van der Waals surface area contributed by atoms with Crippen LogP contribution in [0.4, 0.5) is 4.39 Å². The first-order valence-electron chi connectivity index (χ1n) is 10.7. The van der Waals surface area contributed by atoms with Crippen LogP contribution in [-0.4, -0.2) is 54.0 Å². The molecule has 1 saturated carbocycles. The highest BCUT2D eigenvalue weighted by Crippen LogP contribution is 2.34. The van der Waals surface area contributed by atoms with Gasteiger partial charge in [-0.05, 0) is 49.8 Å².